The number of ether oxygens (including phenoxy) is 1. The lowest BCUT2D eigenvalue weighted by Gasteiger charge is -2.23. The summed E-state index contributed by atoms with van der Waals surface area (Å²) in [5.41, 5.74) is 0.229. The van der Waals surface area contributed by atoms with E-state index in [1.165, 1.54) is 17.4 Å². The molecule has 0 radical (unpaired) electrons. The van der Waals surface area contributed by atoms with E-state index >= 15 is 0 Å². The highest BCUT2D eigenvalue weighted by molar-refractivity contribution is 9.12. The third kappa shape index (κ3) is 6.66. The van der Waals surface area contributed by atoms with Gasteiger partial charge in [0.2, 0.25) is 0 Å². The van der Waals surface area contributed by atoms with Gasteiger partial charge in [-0.05, 0) is 51.3 Å². The molecule has 0 saturated heterocycles. The number of carbonyl (C=O) groups excluding carboxylic acids is 1. The Hall–Kier alpha value is -0.120. The molecule has 0 N–H and O–H groups in total. The Labute approximate surface area is 141 Å². The Morgan fingerprint density at radius 1 is 1.43 bits per heavy atom. The largest absolute Gasteiger partial charge is 0.406 e. The number of halogens is 5. The zero-order chi connectivity index (χ0) is 16.0. The van der Waals surface area contributed by atoms with Gasteiger partial charge >= 0.3 is 6.18 Å². The maximum atomic E-state index is 12.6. The van der Waals surface area contributed by atoms with Crippen molar-refractivity contribution in [3.63, 3.8) is 0 Å². The van der Waals surface area contributed by atoms with E-state index < -0.39 is 18.6 Å². The van der Waals surface area contributed by atoms with Crippen LogP contribution in [0.2, 0.25) is 0 Å². The van der Waals surface area contributed by atoms with Gasteiger partial charge in [0.25, 0.3) is 5.91 Å². The predicted octanol–water partition coefficient (Wildman–Crippen LogP) is 4.70. The quantitative estimate of drug-likeness (QED) is 0.561. The minimum absolute atomic E-state index is 0.00174. The number of carbonyl (C=O) groups is 1. The lowest BCUT2D eigenvalue weighted by atomic mass is 10.2. The average molecular weight is 453 g/mol. The van der Waals surface area contributed by atoms with Crippen molar-refractivity contribution in [1.29, 1.82) is 0 Å². The van der Waals surface area contributed by atoms with Gasteiger partial charge in [-0.15, -0.1) is 11.3 Å². The van der Waals surface area contributed by atoms with Crippen LogP contribution < -0.4 is 0 Å². The molecule has 1 rings (SSSR count). The van der Waals surface area contributed by atoms with E-state index in [1.807, 2.05) is 0 Å². The molecule has 1 heterocycles. The Kier molecular flexibility index (Phi) is 7.66. The van der Waals surface area contributed by atoms with E-state index in [-0.39, 0.29) is 12.1 Å². The van der Waals surface area contributed by atoms with E-state index in [0.717, 1.165) is 4.90 Å². The third-order valence-electron chi connectivity index (χ3n) is 2.47. The van der Waals surface area contributed by atoms with Crippen LogP contribution in [0.3, 0.4) is 0 Å². The lowest BCUT2D eigenvalue weighted by molar-refractivity contribution is -0.141. The first kappa shape index (κ1) is 18.9. The topological polar surface area (TPSA) is 29.5 Å². The van der Waals surface area contributed by atoms with Crippen molar-refractivity contribution in [3.05, 3.63) is 19.2 Å². The van der Waals surface area contributed by atoms with Gasteiger partial charge in [-0.3, -0.25) is 4.79 Å². The van der Waals surface area contributed by atoms with Crippen LogP contribution in [0.15, 0.2) is 13.6 Å². The number of rotatable bonds is 7. The minimum atomic E-state index is -4.43. The third-order valence-corrected chi connectivity index (χ3v) is 4.80. The monoisotopic (exact) mass is 451 g/mol. The Balaban J connectivity index is 2.79. The molecule has 0 unspecified atom stereocenters. The standard InChI is InChI=1S/C12H14Br2F3NO2S/c1-2-20-5-3-4-18(7-12(15,16)17)11(19)8-6-9(13)21-10(8)14/h6H,2-5,7H2,1H3. The van der Waals surface area contributed by atoms with Crippen LogP contribution in [0.1, 0.15) is 23.7 Å². The highest BCUT2D eigenvalue weighted by atomic mass is 79.9. The van der Waals surface area contributed by atoms with Crippen molar-refractivity contribution in [2.24, 2.45) is 0 Å². The van der Waals surface area contributed by atoms with Gasteiger partial charge in [-0.2, -0.15) is 13.2 Å². The van der Waals surface area contributed by atoms with E-state index in [0.29, 0.717) is 27.2 Å². The fourth-order valence-electron chi connectivity index (χ4n) is 1.63. The molecule has 0 bridgehead atoms. The van der Waals surface area contributed by atoms with Gasteiger partial charge in [0.05, 0.1) is 13.1 Å². The molecule has 1 aromatic rings. The van der Waals surface area contributed by atoms with Gasteiger partial charge in [-0.1, -0.05) is 0 Å². The first-order chi connectivity index (χ1) is 9.74. The molecule has 0 spiro atoms. The molecule has 1 aromatic heterocycles. The van der Waals surface area contributed by atoms with E-state index in [4.69, 9.17) is 4.74 Å². The molecule has 120 valence electrons. The molecular weight excluding hydrogens is 439 g/mol. The van der Waals surface area contributed by atoms with Crippen LogP contribution in [0.25, 0.3) is 0 Å². The molecule has 0 aliphatic rings. The summed E-state index contributed by atoms with van der Waals surface area (Å²) < 4.78 is 44.1. The van der Waals surface area contributed by atoms with Gasteiger partial charge in [0.1, 0.15) is 6.54 Å². The molecule has 21 heavy (non-hydrogen) atoms. The number of alkyl halides is 3. The van der Waals surface area contributed by atoms with Gasteiger partial charge in [-0.25, -0.2) is 0 Å². The molecule has 0 aliphatic heterocycles. The predicted molar refractivity (Wildman–Crippen MR) is 82.8 cm³/mol. The summed E-state index contributed by atoms with van der Waals surface area (Å²) in [5, 5.41) is 0. The van der Waals surface area contributed by atoms with Crippen LogP contribution in [0, 0.1) is 0 Å². The second kappa shape index (κ2) is 8.50. The summed E-state index contributed by atoms with van der Waals surface area (Å²) in [7, 11) is 0. The van der Waals surface area contributed by atoms with Gasteiger partial charge in [0.15, 0.2) is 0 Å². The van der Waals surface area contributed by atoms with Gasteiger partial charge < -0.3 is 9.64 Å². The van der Waals surface area contributed by atoms with Crippen molar-refractivity contribution >= 4 is 49.1 Å². The summed E-state index contributed by atoms with van der Waals surface area (Å²) >= 11 is 7.65. The molecule has 9 heteroatoms. The first-order valence-corrected chi connectivity index (χ1v) is 8.53. The summed E-state index contributed by atoms with van der Waals surface area (Å²) in [6.45, 7) is 1.36. The fraction of sp³-hybridized carbons (Fsp3) is 0.583. The highest BCUT2D eigenvalue weighted by Gasteiger charge is 2.34. The molecule has 0 aliphatic carbocycles. The van der Waals surface area contributed by atoms with Crippen LogP contribution in [-0.4, -0.2) is 43.3 Å². The Morgan fingerprint density at radius 2 is 2.10 bits per heavy atom. The van der Waals surface area contributed by atoms with Crippen LogP contribution in [0.5, 0.6) is 0 Å². The summed E-state index contributed by atoms with van der Waals surface area (Å²) in [6, 6.07) is 1.52. The highest BCUT2D eigenvalue weighted by Crippen LogP contribution is 2.33. The minimum Gasteiger partial charge on any atom is -0.382 e. The molecule has 0 saturated carbocycles. The Morgan fingerprint density at radius 3 is 2.57 bits per heavy atom. The maximum Gasteiger partial charge on any atom is 0.406 e. The SMILES string of the molecule is CCOCCCN(CC(F)(F)F)C(=O)c1cc(Br)sc1Br. The molecular formula is C12H14Br2F3NO2S. The lowest BCUT2D eigenvalue weighted by Crippen LogP contribution is -2.39. The Bertz CT molecular complexity index is 480. The number of amides is 1. The van der Waals surface area contributed by atoms with E-state index in [9.17, 15) is 18.0 Å². The van der Waals surface area contributed by atoms with E-state index in [2.05, 4.69) is 31.9 Å². The van der Waals surface area contributed by atoms with Crippen LogP contribution in [-0.2, 0) is 4.74 Å². The number of nitrogens with zero attached hydrogens (tertiary/aromatic N) is 1. The molecule has 1 amide bonds. The molecule has 0 aromatic carbocycles. The molecule has 0 fully saturated rings. The summed E-state index contributed by atoms with van der Waals surface area (Å²) in [5.74, 6) is -0.641. The second-order valence-electron chi connectivity index (χ2n) is 4.13. The summed E-state index contributed by atoms with van der Waals surface area (Å²) in [6.07, 6.45) is -4.07. The van der Waals surface area contributed by atoms with Crippen molar-refractivity contribution in [2.45, 2.75) is 19.5 Å². The first-order valence-electron chi connectivity index (χ1n) is 6.13. The van der Waals surface area contributed by atoms with Crippen molar-refractivity contribution in [3.8, 4) is 0 Å². The maximum absolute atomic E-state index is 12.6. The zero-order valence-corrected chi connectivity index (χ0v) is 15.2. The molecule has 0 atom stereocenters. The fourth-order valence-corrected chi connectivity index (χ4v) is 4.40. The number of hydrogen-bond donors (Lipinski definition) is 0. The van der Waals surface area contributed by atoms with Crippen LogP contribution >= 0.6 is 43.2 Å². The zero-order valence-electron chi connectivity index (χ0n) is 11.2. The second-order valence-corrected chi connectivity index (χ2v) is 7.88. The van der Waals surface area contributed by atoms with Gasteiger partial charge in [0, 0.05) is 19.8 Å². The van der Waals surface area contributed by atoms with Crippen molar-refractivity contribution in [2.75, 3.05) is 26.3 Å². The number of hydrogen-bond acceptors (Lipinski definition) is 3. The molecule has 3 nitrogen and oxygen atoms in total. The van der Waals surface area contributed by atoms with Crippen molar-refractivity contribution < 1.29 is 22.7 Å². The average Bonchev–Trinajstić information content (AvgIpc) is 2.70. The smallest absolute Gasteiger partial charge is 0.382 e. The van der Waals surface area contributed by atoms with E-state index in [1.54, 1.807) is 6.92 Å². The normalized spacial score (nSPS) is 11.7. The summed E-state index contributed by atoms with van der Waals surface area (Å²) in [4.78, 5) is 13.1. The van der Waals surface area contributed by atoms with Crippen LogP contribution in [0.4, 0.5) is 13.2 Å². The number of thiophene rings is 1. The van der Waals surface area contributed by atoms with Crippen molar-refractivity contribution in [1.82, 2.24) is 4.90 Å².